The third-order valence-corrected chi connectivity index (χ3v) is 3.61. The maximum absolute atomic E-state index is 5.34. The van der Waals surface area contributed by atoms with Crippen LogP contribution in [0.2, 0.25) is 0 Å². The van der Waals surface area contributed by atoms with Crippen LogP contribution in [-0.2, 0) is 0 Å². The van der Waals surface area contributed by atoms with Gasteiger partial charge in [-0.2, -0.15) is 0 Å². The summed E-state index contributed by atoms with van der Waals surface area (Å²) in [6.07, 6.45) is 0. The quantitative estimate of drug-likeness (QED) is 0.859. The fourth-order valence-electron chi connectivity index (χ4n) is 2.63. The molecule has 0 unspecified atom stereocenters. The third kappa shape index (κ3) is 2.02. The third-order valence-electron chi connectivity index (χ3n) is 3.61. The molecule has 2 aromatic rings. The number of anilines is 1. The summed E-state index contributed by atoms with van der Waals surface area (Å²) in [5, 5.41) is 4.95. The van der Waals surface area contributed by atoms with Crippen LogP contribution in [0.15, 0.2) is 36.4 Å². The summed E-state index contributed by atoms with van der Waals surface area (Å²) in [5.41, 5.74) is 1.33. The number of fused-ring (bicyclic) bond motifs is 1. The molecule has 1 saturated heterocycles. The van der Waals surface area contributed by atoms with Gasteiger partial charge >= 0.3 is 0 Å². The zero-order chi connectivity index (χ0) is 12.4. The van der Waals surface area contributed by atoms with Gasteiger partial charge in [0.15, 0.2) is 0 Å². The average molecular weight is 243 g/mol. The highest BCUT2D eigenvalue weighted by atomic mass is 16.5. The molecule has 18 heavy (non-hydrogen) atoms. The van der Waals surface area contributed by atoms with Gasteiger partial charge in [0.1, 0.15) is 5.75 Å². The Balaban J connectivity index is 2.09. The molecule has 0 saturated carbocycles. The van der Waals surface area contributed by atoms with Crippen LogP contribution in [0.5, 0.6) is 5.75 Å². The first kappa shape index (κ1) is 11.4. The van der Waals surface area contributed by atoms with Gasteiger partial charge in [-0.25, -0.2) is 0 Å². The highest BCUT2D eigenvalue weighted by Crippen LogP contribution is 2.29. The summed E-state index contributed by atoms with van der Waals surface area (Å²) >= 11 is 0. The Bertz CT molecular complexity index is 547. The second kappa shape index (κ2) is 4.86. The zero-order valence-electron chi connectivity index (χ0n) is 10.7. The Morgan fingerprint density at radius 1 is 1.11 bits per heavy atom. The number of nitrogens with zero attached hydrogens (tertiary/aromatic N) is 1. The molecular weight excluding hydrogens is 224 g/mol. The van der Waals surface area contributed by atoms with Crippen molar-refractivity contribution in [3.05, 3.63) is 36.4 Å². The molecule has 0 spiro atoms. The summed E-state index contributed by atoms with van der Waals surface area (Å²) in [5.74, 6) is 0.929. The standard InChI is InChI=1S/C15H18N2O/c1-18-13-6-5-12-3-2-4-15(14(12)11-13)17-9-7-16-8-10-17/h2-6,11,16H,7-10H2,1H3/p+1. The summed E-state index contributed by atoms with van der Waals surface area (Å²) < 4.78 is 5.34. The average Bonchev–Trinajstić information content (AvgIpc) is 2.47. The van der Waals surface area contributed by atoms with E-state index in [1.54, 1.807) is 7.11 Å². The van der Waals surface area contributed by atoms with Gasteiger partial charge in [-0.15, -0.1) is 0 Å². The molecule has 3 rings (SSSR count). The largest absolute Gasteiger partial charge is 0.497 e. The van der Waals surface area contributed by atoms with Gasteiger partial charge in [0, 0.05) is 11.1 Å². The SMILES string of the molecule is COc1ccc2cccc(N3CC[NH2+]CC3)c2c1. The van der Waals surface area contributed by atoms with Crippen molar-refractivity contribution in [2.45, 2.75) is 0 Å². The Hall–Kier alpha value is -1.74. The maximum Gasteiger partial charge on any atom is 0.119 e. The summed E-state index contributed by atoms with van der Waals surface area (Å²) in [6.45, 7) is 4.60. The highest BCUT2D eigenvalue weighted by Gasteiger charge is 2.15. The molecule has 1 aliphatic heterocycles. The predicted octanol–water partition coefficient (Wildman–Crippen LogP) is 1.23. The summed E-state index contributed by atoms with van der Waals surface area (Å²) in [6, 6.07) is 12.8. The van der Waals surface area contributed by atoms with Crippen LogP contribution in [0.25, 0.3) is 10.8 Å². The van der Waals surface area contributed by atoms with Crippen LogP contribution >= 0.6 is 0 Å². The van der Waals surface area contributed by atoms with E-state index in [1.807, 2.05) is 6.07 Å². The smallest absolute Gasteiger partial charge is 0.119 e. The lowest BCUT2D eigenvalue weighted by molar-refractivity contribution is -0.655. The van der Waals surface area contributed by atoms with Crippen molar-refractivity contribution in [1.29, 1.82) is 0 Å². The lowest BCUT2D eigenvalue weighted by Gasteiger charge is -2.28. The lowest BCUT2D eigenvalue weighted by Crippen LogP contribution is -2.89. The van der Waals surface area contributed by atoms with Gasteiger partial charge in [-0.3, -0.25) is 0 Å². The van der Waals surface area contributed by atoms with Gasteiger partial charge in [-0.1, -0.05) is 18.2 Å². The fraction of sp³-hybridized carbons (Fsp3) is 0.333. The van der Waals surface area contributed by atoms with Crippen molar-refractivity contribution < 1.29 is 10.1 Å². The number of piperazine rings is 1. The normalized spacial score (nSPS) is 15.9. The van der Waals surface area contributed by atoms with Gasteiger partial charge < -0.3 is 15.0 Å². The molecular formula is C15H19N2O+. The predicted molar refractivity (Wildman–Crippen MR) is 74.4 cm³/mol. The molecule has 2 aromatic carbocycles. The molecule has 0 aromatic heterocycles. The second-order valence-corrected chi connectivity index (χ2v) is 4.72. The molecule has 1 heterocycles. The van der Waals surface area contributed by atoms with Crippen molar-refractivity contribution in [3.8, 4) is 5.75 Å². The maximum atomic E-state index is 5.34. The zero-order valence-corrected chi connectivity index (χ0v) is 10.7. The van der Waals surface area contributed by atoms with E-state index < -0.39 is 0 Å². The van der Waals surface area contributed by atoms with Gasteiger partial charge in [0.05, 0.1) is 33.3 Å². The minimum Gasteiger partial charge on any atom is -0.497 e. The number of hydrogen-bond donors (Lipinski definition) is 1. The topological polar surface area (TPSA) is 29.1 Å². The van der Waals surface area contributed by atoms with E-state index in [-0.39, 0.29) is 0 Å². The van der Waals surface area contributed by atoms with Crippen molar-refractivity contribution >= 4 is 16.5 Å². The monoisotopic (exact) mass is 243 g/mol. The van der Waals surface area contributed by atoms with Crippen LogP contribution in [-0.4, -0.2) is 33.3 Å². The Morgan fingerprint density at radius 2 is 1.94 bits per heavy atom. The molecule has 0 bridgehead atoms. The number of rotatable bonds is 2. The summed E-state index contributed by atoms with van der Waals surface area (Å²) in [4.78, 5) is 2.47. The Morgan fingerprint density at radius 3 is 2.72 bits per heavy atom. The summed E-state index contributed by atoms with van der Waals surface area (Å²) in [7, 11) is 1.72. The Kier molecular flexibility index (Phi) is 3.07. The molecule has 3 nitrogen and oxygen atoms in total. The van der Waals surface area contributed by atoms with Gasteiger partial charge in [0.25, 0.3) is 0 Å². The molecule has 0 radical (unpaired) electrons. The van der Waals surface area contributed by atoms with E-state index in [9.17, 15) is 0 Å². The van der Waals surface area contributed by atoms with Crippen LogP contribution in [0.3, 0.4) is 0 Å². The number of quaternary nitrogens is 1. The molecule has 1 fully saturated rings. The first-order valence-electron chi connectivity index (χ1n) is 6.52. The van der Waals surface area contributed by atoms with Crippen molar-refractivity contribution in [1.82, 2.24) is 0 Å². The van der Waals surface area contributed by atoms with Crippen LogP contribution in [0.4, 0.5) is 5.69 Å². The molecule has 0 aliphatic carbocycles. The first-order chi connectivity index (χ1) is 8.88. The van der Waals surface area contributed by atoms with Crippen molar-refractivity contribution in [2.75, 3.05) is 38.2 Å². The molecule has 3 heteroatoms. The van der Waals surface area contributed by atoms with Crippen LogP contribution < -0.4 is 15.0 Å². The van der Waals surface area contributed by atoms with E-state index in [4.69, 9.17) is 4.74 Å². The highest BCUT2D eigenvalue weighted by molar-refractivity contribution is 5.95. The van der Waals surface area contributed by atoms with E-state index >= 15 is 0 Å². The molecule has 0 amide bonds. The van der Waals surface area contributed by atoms with E-state index in [0.29, 0.717) is 0 Å². The second-order valence-electron chi connectivity index (χ2n) is 4.72. The van der Waals surface area contributed by atoms with E-state index in [0.717, 1.165) is 18.8 Å². The van der Waals surface area contributed by atoms with Crippen molar-refractivity contribution in [2.24, 2.45) is 0 Å². The van der Waals surface area contributed by atoms with Crippen LogP contribution in [0.1, 0.15) is 0 Å². The minimum absolute atomic E-state index is 0.929. The fourth-order valence-corrected chi connectivity index (χ4v) is 2.63. The molecule has 0 atom stereocenters. The van der Waals surface area contributed by atoms with Gasteiger partial charge in [-0.05, 0) is 23.6 Å². The molecule has 94 valence electrons. The first-order valence-corrected chi connectivity index (χ1v) is 6.52. The number of ether oxygens (including phenoxy) is 1. The molecule has 2 N–H and O–H groups in total. The van der Waals surface area contributed by atoms with Crippen molar-refractivity contribution in [3.63, 3.8) is 0 Å². The van der Waals surface area contributed by atoms with E-state index in [2.05, 4.69) is 40.5 Å². The number of nitrogens with two attached hydrogens (primary N) is 1. The number of benzene rings is 2. The molecule has 1 aliphatic rings. The van der Waals surface area contributed by atoms with Crippen LogP contribution in [0, 0.1) is 0 Å². The minimum atomic E-state index is 0.929. The number of hydrogen-bond acceptors (Lipinski definition) is 2. The lowest BCUT2D eigenvalue weighted by atomic mass is 10.1. The number of methoxy groups -OCH3 is 1. The Labute approximate surface area is 107 Å². The van der Waals surface area contributed by atoms with E-state index in [1.165, 1.54) is 29.5 Å². The van der Waals surface area contributed by atoms with Gasteiger partial charge in [0.2, 0.25) is 0 Å².